The average Bonchev–Trinajstić information content (AvgIpc) is 3.23. The predicted octanol–water partition coefficient (Wildman–Crippen LogP) is 3.03. The number of halogens is 2. The summed E-state index contributed by atoms with van der Waals surface area (Å²) in [5, 5.41) is 17.3. The maximum atomic E-state index is 13.4. The molecule has 1 saturated heterocycles. The van der Waals surface area contributed by atoms with Gasteiger partial charge in [0.25, 0.3) is 24.2 Å². The van der Waals surface area contributed by atoms with Gasteiger partial charge in [-0.15, -0.1) is 0 Å². The lowest BCUT2D eigenvalue weighted by Crippen LogP contribution is -2.57. The van der Waals surface area contributed by atoms with Gasteiger partial charge in [0.2, 0.25) is 0 Å². The second kappa shape index (κ2) is 8.88. The van der Waals surface area contributed by atoms with Crippen molar-refractivity contribution in [2.75, 3.05) is 13.1 Å². The highest BCUT2D eigenvalue weighted by Gasteiger charge is 2.47. The zero-order valence-corrected chi connectivity index (χ0v) is 20.1. The van der Waals surface area contributed by atoms with Crippen molar-refractivity contribution in [1.82, 2.24) is 30.0 Å². The third-order valence-corrected chi connectivity index (χ3v) is 7.24. The van der Waals surface area contributed by atoms with Gasteiger partial charge in [-0.2, -0.15) is 9.78 Å². The molecule has 1 aromatic carbocycles. The van der Waals surface area contributed by atoms with Crippen LogP contribution in [0.4, 0.5) is 8.78 Å². The van der Waals surface area contributed by atoms with Crippen LogP contribution in [0.3, 0.4) is 0 Å². The number of carbonyl (C=O) groups is 2. The lowest BCUT2D eigenvalue weighted by Gasteiger charge is -2.52. The van der Waals surface area contributed by atoms with Gasteiger partial charge in [0.05, 0.1) is 11.1 Å². The van der Waals surface area contributed by atoms with E-state index in [2.05, 4.69) is 20.4 Å². The molecule has 0 radical (unpaired) electrons. The van der Waals surface area contributed by atoms with E-state index < -0.39 is 12.0 Å². The van der Waals surface area contributed by atoms with Crippen LogP contribution in [0.15, 0.2) is 36.7 Å². The van der Waals surface area contributed by atoms with E-state index in [0.29, 0.717) is 24.0 Å². The lowest BCUT2D eigenvalue weighted by atomic mass is 9.60. The first-order valence-corrected chi connectivity index (χ1v) is 12.0. The topological polar surface area (TPSA) is 113 Å². The summed E-state index contributed by atoms with van der Waals surface area (Å²) in [6.45, 7) is 4.22. The Bertz CT molecular complexity index is 1290. The maximum absolute atomic E-state index is 13.4. The molecule has 2 amide bonds. The summed E-state index contributed by atoms with van der Waals surface area (Å²) in [6.07, 6.45) is 3.35. The molecule has 190 valence electrons. The second-order valence-corrected chi connectivity index (χ2v) is 10.3. The molecule has 5 rings (SSSR count). The number of hydrogen-bond donors (Lipinski definition) is 2. The Morgan fingerprint density at radius 2 is 1.78 bits per heavy atom. The number of hydrogen-bond acceptors (Lipinski definition) is 6. The van der Waals surface area contributed by atoms with Crippen molar-refractivity contribution in [2.45, 2.75) is 57.6 Å². The number of amides is 2. The second-order valence-electron chi connectivity index (χ2n) is 10.3. The fourth-order valence-corrected chi connectivity index (χ4v) is 5.29. The van der Waals surface area contributed by atoms with Crippen LogP contribution in [0.5, 0.6) is 0 Å². The van der Waals surface area contributed by atoms with Gasteiger partial charge in [-0.3, -0.25) is 9.59 Å². The molecular weight excluding hydrogens is 470 g/mol. The zero-order valence-electron chi connectivity index (χ0n) is 20.1. The van der Waals surface area contributed by atoms with E-state index in [4.69, 9.17) is 0 Å². The number of aromatic nitrogens is 4. The minimum atomic E-state index is -2.73. The van der Waals surface area contributed by atoms with Gasteiger partial charge in [-0.05, 0) is 51.0 Å². The number of para-hydroxylation sites is 1. The quantitative estimate of drug-likeness (QED) is 0.559. The number of alkyl halides is 2. The Kier molecular flexibility index (Phi) is 5.98. The summed E-state index contributed by atoms with van der Waals surface area (Å²) in [6, 6.07) is 6.64. The van der Waals surface area contributed by atoms with Gasteiger partial charge in [0.1, 0.15) is 11.3 Å². The number of piperidine rings is 1. The minimum Gasteiger partial charge on any atom is -0.381 e. The third-order valence-electron chi connectivity index (χ3n) is 7.24. The molecule has 3 heterocycles. The average molecular weight is 499 g/mol. The molecule has 0 unspecified atom stereocenters. The summed E-state index contributed by atoms with van der Waals surface area (Å²) in [5.41, 5.74) is -0.868. The number of fused-ring (bicyclic) bond motifs is 1. The summed E-state index contributed by atoms with van der Waals surface area (Å²) in [7, 11) is 0. The molecular formula is C25H28F2N6O3. The van der Waals surface area contributed by atoms with Crippen molar-refractivity contribution < 1.29 is 23.5 Å². The van der Waals surface area contributed by atoms with Crippen molar-refractivity contribution >= 4 is 22.7 Å². The zero-order chi connectivity index (χ0) is 25.7. The lowest BCUT2D eigenvalue weighted by molar-refractivity contribution is -0.151. The number of likely N-dealkylation sites (tertiary alicyclic amines) is 1. The molecule has 1 spiro atoms. The monoisotopic (exact) mass is 498 g/mol. The number of carbonyl (C=O) groups excluding carboxylic acids is 2. The molecule has 11 heteroatoms. The first-order valence-electron chi connectivity index (χ1n) is 12.0. The molecule has 1 saturated carbocycles. The molecule has 0 bridgehead atoms. The molecule has 0 atom stereocenters. The highest BCUT2D eigenvalue weighted by Crippen LogP contribution is 2.49. The Morgan fingerprint density at radius 1 is 1.14 bits per heavy atom. The van der Waals surface area contributed by atoms with Gasteiger partial charge >= 0.3 is 0 Å². The van der Waals surface area contributed by atoms with Crippen LogP contribution in [0, 0.1) is 5.41 Å². The Balaban J connectivity index is 1.19. The van der Waals surface area contributed by atoms with E-state index >= 15 is 0 Å². The molecule has 3 aromatic rings. The fraction of sp³-hybridized carbons (Fsp3) is 0.480. The number of nitrogens with zero attached hydrogens (tertiary/aromatic N) is 5. The highest BCUT2D eigenvalue weighted by atomic mass is 19.3. The van der Waals surface area contributed by atoms with Crippen molar-refractivity contribution in [2.24, 2.45) is 5.41 Å². The number of benzene rings is 1. The van der Waals surface area contributed by atoms with Crippen LogP contribution < -0.4 is 5.32 Å². The van der Waals surface area contributed by atoms with E-state index in [1.165, 1.54) is 30.9 Å². The van der Waals surface area contributed by atoms with Crippen LogP contribution in [0.1, 0.15) is 62.0 Å². The maximum Gasteiger partial charge on any atom is 0.282 e. The SMILES string of the molecule is CC(C)(O)C(=O)N1CCC2(CC1)CC(NC(=O)c1cnc(-n3nc(C(F)F)c4ccccc43)nc1)C2. The number of nitrogens with one attached hydrogen (secondary N) is 1. The van der Waals surface area contributed by atoms with Crippen LogP contribution >= 0.6 is 0 Å². The molecule has 2 aliphatic rings. The molecule has 2 aromatic heterocycles. The molecule has 1 aliphatic heterocycles. The third kappa shape index (κ3) is 4.43. The summed E-state index contributed by atoms with van der Waals surface area (Å²) >= 11 is 0. The Morgan fingerprint density at radius 3 is 2.39 bits per heavy atom. The summed E-state index contributed by atoms with van der Waals surface area (Å²) < 4.78 is 28.0. The minimum absolute atomic E-state index is 0.0253. The molecule has 1 aliphatic carbocycles. The van der Waals surface area contributed by atoms with Gasteiger partial charge in [-0.25, -0.2) is 18.7 Å². The molecule has 2 N–H and O–H groups in total. The first-order chi connectivity index (χ1) is 17.1. The van der Waals surface area contributed by atoms with Gasteiger partial charge in [-0.1, -0.05) is 18.2 Å². The molecule has 36 heavy (non-hydrogen) atoms. The van der Waals surface area contributed by atoms with E-state index in [1.54, 1.807) is 29.2 Å². The van der Waals surface area contributed by atoms with E-state index in [0.717, 1.165) is 25.7 Å². The Hall–Kier alpha value is -3.47. The van der Waals surface area contributed by atoms with E-state index in [1.807, 2.05) is 0 Å². The number of aliphatic hydroxyl groups is 1. The van der Waals surface area contributed by atoms with Gasteiger partial charge in [0.15, 0.2) is 0 Å². The molecule has 2 fully saturated rings. The van der Waals surface area contributed by atoms with Crippen LogP contribution in [-0.4, -0.2) is 66.3 Å². The smallest absolute Gasteiger partial charge is 0.282 e. The number of rotatable bonds is 5. The van der Waals surface area contributed by atoms with Crippen LogP contribution in [0.25, 0.3) is 16.9 Å². The highest BCUT2D eigenvalue weighted by molar-refractivity contribution is 5.94. The van der Waals surface area contributed by atoms with Crippen LogP contribution in [-0.2, 0) is 4.79 Å². The summed E-state index contributed by atoms with van der Waals surface area (Å²) in [5.74, 6) is -0.447. The normalized spacial score (nSPS) is 18.0. The Labute approximate surface area is 206 Å². The first kappa shape index (κ1) is 24.2. The van der Waals surface area contributed by atoms with Crippen molar-refractivity contribution in [3.8, 4) is 5.95 Å². The standard InChI is InChI=1S/C25H28F2N6O3/c1-24(2,36)22(35)32-9-7-25(8-10-32)11-16(12-25)30-21(34)15-13-28-23(29-14-15)33-18-6-4-3-5-17(18)19(31-33)20(26)27/h3-6,13-14,16,20,36H,7-12H2,1-2H3,(H,30,34). The molecule has 9 nitrogen and oxygen atoms in total. The van der Waals surface area contributed by atoms with Gasteiger partial charge < -0.3 is 15.3 Å². The summed E-state index contributed by atoms with van der Waals surface area (Å²) in [4.78, 5) is 35.1. The fourth-order valence-electron chi connectivity index (χ4n) is 5.29. The van der Waals surface area contributed by atoms with E-state index in [9.17, 15) is 23.5 Å². The predicted molar refractivity (Wildman–Crippen MR) is 127 cm³/mol. The van der Waals surface area contributed by atoms with Crippen molar-refractivity contribution in [3.05, 3.63) is 47.9 Å². The van der Waals surface area contributed by atoms with Crippen molar-refractivity contribution in [3.63, 3.8) is 0 Å². The van der Waals surface area contributed by atoms with Crippen LogP contribution in [0.2, 0.25) is 0 Å². The van der Waals surface area contributed by atoms with Gasteiger partial charge in [0, 0.05) is 36.9 Å². The largest absolute Gasteiger partial charge is 0.381 e. The van der Waals surface area contributed by atoms with Crippen molar-refractivity contribution in [1.29, 1.82) is 0 Å². The van der Waals surface area contributed by atoms with E-state index in [-0.39, 0.29) is 40.5 Å².